The first-order valence-corrected chi connectivity index (χ1v) is 6.95. The number of esters is 1. The molecule has 1 unspecified atom stereocenters. The van der Waals surface area contributed by atoms with Gasteiger partial charge in [-0.1, -0.05) is 13.5 Å². The van der Waals surface area contributed by atoms with Crippen LogP contribution in [0, 0.1) is 0 Å². The maximum Gasteiger partial charge on any atom is 1.00 e. The van der Waals surface area contributed by atoms with Crippen molar-refractivity contribution in [3.05, 3.63) is 12.2 Å². The van der Waals surface area contributed by atoms with Crippen LogP contribution in [0.2, 0.25) is 0 Å². The molecule has 1 atom stereocenters. The van der Waals surface area contributed by atoms with Gasteiger partial charge in [0.25, 0.3) is 0 Å². The van der Waals surface area contributed by atoms with E-state index in [1.54, 1.807) is 6.92 Å². The fourth-order valence-electron chi connectivity index (χ4n) is 1.67. The average Bonchev–Trinajstić information content (AvgIpc) is 2.21. The Morgan fingerprint density at radius 3 is 2.16 bits per heavy atom. The van der Waals surface area contributed by atoms with E-state index in [2.05, 4.69) is 6.58 Å². The van der Waals surface area contributed by atoms with E-state index in [-0.39, 0.29) is 54.6 Å². The minimum absolute atomic E-state index is 0. The second kappa shape index (κ2) is 8.39. The molecule has 106 valence electrons. The number of rotatable bonds is 7. The standard InChI is InChI=1S/C11H21NO5S.Na/c1-6-11(12(4)5,18(14,15)16)7-8-17-10(13)9(2)3;/h2,6-8H2,1,3-5H3,(H,14,15,16);/q;+1/p-1. The molecule has 0 saturated heterocycles. The van der Waals surface area contributed by atoms with Gasteiger partial charge in [0, 0.05) is 12.0 Å². The molecule has 0 saturated carbocycles. The van der Waals surface area contributed by atoms with E-state index in [0.717, 1.165) is 0 Å². The van der Waals surface area contributed by atoms with Gasteiger partial charge in [-0.25, -0.2) is 13.2 Å². The van der Waals surface area contributed by atoms with Gasteiger partial charge in [-0.2, -0.15) is 0 Å². The molecule has 0 aliphatic rings. The van der Waals surface area contributed by atoms with Crippen molar-refractivity contribution in [2.45, 2.75) is 31.6 Å². The number of hydrogen-bond donors (Lipinski definition) is 0. The van der Waals surface area contributed by atoms with Crippen LogP contribution in [-0.2, 0) is 19.6 Å². The summed E-state index contributed by atoms with van der Waals surface area (Å²) in [6, 6.07) is 0. The molecule has 0 amide bonds. The van der Waals surface area contributed by atoms with Gasteiger partial charge in [0.15, 0.2) is 0 Å². The Balaban J connectivity index is 0. The number of ether oxygens (including phenoxy) is 1. The predicted octanol–water partition coefficient (Wildman–Crippen LogP) is -2.29. The van der Waals surface area contributed by atoms with Crippen LogP contribution in [0.4, 0.5) is 0 Å². The first-order valence-electron chi connectivity index (χ1n) is 5.54. The number of nitrogens with zero attached hydrogens (tertiary/aromatic N) is 1. The number of carbonyl (C=O) groups is 1. The Hall–Kier alpha value is 0.0800. The summed E-state index contributed by atoms with van der Waals surface area (Å²) >= 11 is 0. The molecule has 0 spiro atoms. The summed E-state index contributed by atoms with van der Waals surface area (Å²) in [7, 11) is -1.51. The van der Waals surface area contributed by atoms with Crippen LogP contribution in [0.15, 0.2) is 12.2 Å². The molecule has 19 heavy (non-hydrogen) atoms. The van der Waals surface area contributed by atoms with Gasteiger partial charge in [0.2, 0.25) is 0 Å². The Morgan fingerprint density at radius 2 is 1.89 bits per heavy atom. The van der Waals surface area contributed by atoms with Gasteiger partial charge < -0.3 is 9.29 Å². The van der Waals surface area contributed by atoms with E-state index in [9.17, 15) is 17.8 Å². The summed E-state index contributed by atoms with van der Waals surface area (Å²) < 4.78 is 39.0. The fourth-order valence-corrected chi connectivity index (χ4v) is 2.80. The Labute approximate surface area is 137 Å². The molecule has 0 heterocycles. The molecule has 0 aromatic heterocycles. The zero-order valence-electron chi connectivity index (χ0n) is 12.2. The monoisotopic (exact) mass is 301 g/mol. The van der Waals surface area contributed by atoms with E-state index in [1.165, 1.54) is 25.9 Å². The third-order valence-electron chi connectivity index (χ3n) is 2.91. The Morgan fingerprint density at radius 1 is 1.42 bits per heavy atom. The van der Waals surface area contributed by atoms with Crippen molar-refractivity contribution in [2.75, 3.05) is 20.7 Å². The molecule has 6 nitrogen and oxygen atoms in total. The van der Waals surface area contributed by atoms with Crippen LogP contribution in [-0.4, -0.2) is 49.4 Å². The van der Waals surface area contributed by atoms with Crippen molar-refractivity contribution in [2.24, 2.45) is 0 Å². The zero-order valence-corrected chi connectivity index (χ0v) is 15.0. The Kier molecular flexibility index (Phi) is 9.44. The van der Waals surface area contributed by atoms with Gasteiger partial charge in [-0.15, -0.1) is 0 Å². The SMILES string of the molecule is C=C(C)C(=O)OCCC(CC)(N(C)C)S(=O)(=O)[O-].[Na+]. The summed E-state index contributed by atoms with van der Waals surface area (Å²) in [5.41, 5.74) is 0.229. The second-order valence-electron chi connectivity index (χ2n) is 4.31. The molecule has 0 bridgehead atoms. The second-order valence-corrected chi connectivity index (χ2v) is 5.98. The summed E-state index contributed by atoms with van der Waals surface area (Å²) in [5, 5.41) is 0. The van der Waals surface area contributed by atoms with Crippen LogP contribution >= 0.6 is 0 Å². The maximum absolute atomic E-state index is 11.4. The van der Waals surface area contributed by atoms with Gasteiger partial charge >= 0.3 is 35.5 Å². The Bertz CT molecular complexity index is 421. The molecule has 0 radical (unpaired) electrons. The fraction of sp³-hybridized carbons (Fsp3) is 0.727. The van der Waals surface area contributed by atoms with Crippen LogP contribution in [0.1, 0.15) is 26.7 Å². The molecule has 0 N–H and O–H groups in total. The van der Waals surface area contributed by atoms with E-state index in [1.807, 2.05) is 0 Å². The van der Waals surface area contributed by atoms with Crippen LogP contribution < -0.4 is 29.6 Å². The topological polar surface area (TPSA) is 86.7 Å². The summed E-state index contributed by atoms with van der Waals surface area (Å²) in [4.78, 5) is 11.0. The maximum atomic E-state index is 11.4. The van der Waals surface area contributed by atoms with Crippen molar-refractivity contribution in [1.82, 2.24) is 4.90 Å². The van der Waals surface area contributed by atoms with Crippen molar-refractivity contribution in [3.8, 4) is 0 Å². The first-order chi connectivity index (χ1) is 8.08. The first kappa shape index (κ1) is 21.4. The largest absolute Gasteiger partial charge is 1.00 e. The van der Waals surface area contributed by atoms with Crippen LogP contribution in [0.25, 0.3) is 0 Å². The molecule has 0 aromatic rings. The van der Waals surface area contributed by atoms with Crippen LogP contribution in [0.3, 0.4) is 0 Å². The molecule has 0 aliphatic heterocycles. The van der Waals surface area contributed by atoms with Crippen molar-refractivity contribution in [3.63, 3.8) is 0 Å². The molecule has 0 fully saturated rings. The van der Waals surface area contributed by atoms with Crippen molar-refractivity contribution in [1.29, 1.82) is 0 Å². The predicted molar refractivity (Wildman–Crippen MR) is 66.8 cm³/mol. The van der Waals surface area contributed by atoms with Crippen LogP contribution in [0.5, 0.6) is 0 Å². The van der Waals surface area contributed by atoms with E-state index in [0.29, 0.717) is 0 Å². The smallest absolute Gasteiger partial charge is 0.747 e. The minimum atomic E-state index is -4.53. The minimum Gasteiger partial charge on any atom is -0.747 e. The van der Waals surface area contributed by atoms with E-state index in [4.69, 9.17) is 4.74 Å². The molecular weight excluding hydrogens is 281 g/mol. The molecule has 0 aliphatic carbocycles. The van der Waals surface area contributed by atoms with Gasteiger partial charge in [-0.3, -0.25) is 4.90 Å². The van der Waals surface area contributed by atoms with E-state index < -0.39 is 21.0 Å². The number of hydrogen-bond acceptors (Lipinski definition) is 6. The molecular formula is C11H20NNaO5S. The van der Waals surface area contributed by atoms with Gasteiger partial charge in [0.05, 0.1) is 6.61 Å². The van der Waals surface area contributed by atoms with Gasteiger partial charge in [0.1, 0.15) is 15.0 Å². The van der Waals surface area contributed by atoms with Crippen molar-refractivity contribution < 1.29 is 52.1 Å². The molecule has 0 rings (SSSR count). The normalized spacial score (nSPS) is 14.4. The summed E-state index contributed by atoms with van der Waals surface area (Å²) in [6.07, 6.45) is 0.0534. The molecule has 8 heteroatoms. The van der Waals surface area contributed by atoms with E-state index >= 15 is 0 Å². The summed E-state index contributed by atoms with van der Waals surface area (Å²) in [5.74, 6) is -0.595. The quantitative estimate of drug-likeness (QED) is 0.228. The third kappa shape index (κ3) is 5.53. The number of carbonyl (C=O) groups excluding carboxylic acids is 1. The van der Waals surface area contributed by atoms with Crippen molar-refractivity contribution >= 4 is 16.1 Å². The zero-order chi connectivity index (χ0) is 14.6. The molecule has 0 aromatic carbocycles. The summed E-state index contributed by atoms with van der Waals surface area (Å²) in [6.45, 7) is 6.37. The third-order valence-corrected chi connectivity index (χ3v) is 4.70. The van der Waals surface area contributed by atoms with Gasteiger partial charge in [-0.05, 0) is 27.4 Å². The average molecular weight is 301 g/mol.